The van der Waals surface area contributed by atoms with Gasteiger partial charge in [0.2, 0.25) is 0 Å². The van der Waals surface area contributed by atoms with Crippen molar-refractivity contribution < 1.29 is 32.3 Å². The van der Waals surface area contributed by atoms with Gasteiger partial charge in [0.05, 0.1) is 27.7 Å². The smallest absolute Gasteiger partial charge is 0.384 e. The monoisotopic (exact) mass is 542 g/mol. The molecule has 0 fully saturated rings. The van der Waals surface area contributed by atoms with Crippen LogP contribution in [0.4, 0.5) is 0 Å². The summed E-state index contributed by atoms with van der Waals surface area (Å²) in [6.45, 7) is 2.70. The molecule has 0 rings (SSSR count). The number of nitrogens with zero attached hydrogens (tertiary/aromatic N) is 1. The van der Waals surface area contributed by atoms with E-state index in [1.807, 2.05) is 21.1 Å². The third-order valence-corrected chi connectivity index (χ3v) is 8.76. The van der Waals surface area contributed by atoms with Crippen molar-refractivity contribution >= 4 is 18.6 Å². The first-order chi connectivity index (χ1) is 16.5. The number of rotatable bonds is 25. The van der Waals surface area contributed by atoms with Crippen LogP contribution in [-0.4, -0.2) is 77.5 Å². The highest BCUT2D eigenvalue weighted by atomic mass is 32.2. The molecular formula is C26H57NO6PS+. The molecule has 3 unspecified atom stereocenters. The quantitative estimate of drug-likeness (QED) is 0.0828. The first kappa shape index (κ1) is 35.2. The minimum absolute atomic E-state index is 0.0421. The van der Waals surface area contributed by atoms with Crippen LogP contribution in [0, 0.1) is 5.92 Å². The summed E-state index contributed by atoms with van der Waals surface area (Å²) in [6, 6.07) is -0.124. The predicted octanol–water partition coefficient (Wildman–Crippen LogP) is 6.05. The molecule has 0 aliphatic rings. The number of phosphoric ester groups is 1. The molecule has 0 spiro atoms. The summed E-state index contributed by atoms with van der Waals surface area (Å²) >= 11 is 0. The van der Waals surface area contributed by atoms with E-state index in [1.54, 1.807) is 7.11 Å². The van der Waals surface area contributed by atoms with E-state index in [4.69, 9.17) is 19.0 Å². The second kappa shape index (κ2) is 21.2. The van der Waals surface area contributed by atoms with E-state index in [2.05, 4.69) is 6.92 Å². The number of quaternary nitrogens is 1. The lowest BCUT2D eigenvalue weighted by Gasteiger charge is -2.36. The van der Waals surface area contributed by atoms with E-state index in [-0.39, 0.29) is 18.6 Å². The fourth-order valence-corrected chi connectivity index (χ4v) is 6.22. The normalized spacial score (nSPS) is 15.3. The van der Waals surface area contributed by atoms with Gasteiger partial charge in [-0.3, -0.25) is 8.73 Å². The Morgan fingerprint density at radius 3 is 1.66 bits per heavy atom. The molecule has 9 heteroatoms. The second-order valence-electron chi connectivity index (χ2n) is 11.0. The minimum Gasteiger partial charge on any atom is -0.384 e. The van der Waals surface area contributed by atoms with Gasteiger partial charge in [0.1, 0.15) is 12.6 Å². The number of methoxy groups -OCH3 is 1. The lowest BCUT2D eigenvalue weighted by Crippen LogP contribution is -2.49. The van der Waals surface area contributed by atoms with Crippen molar-refractivity contribution in [2.75, 3.05) is 53.0 Å². The number of unbranched alkanes of at least 4 members (excludes halogenated alkanes) is 13. The highest BCUT2D eigenvalue weighted by Gasteiger charge is 2.31. The molecule has 0 aromatic carbocycles. The van der Waals surface area contributed by atoms with Gasteiger partial charge in [-0.2, -0.15) is 0 Å². The fourth-order valence-electron chi connectivity index (χ4n) is 4.40. The second-order valence-corrected chi connectivity index (χ2v) is 13.9. The van der Waals surface area contributed by atoms with E-state index >= 15 is 0 Å². The maximum atomic E-state index is 12.7. The molecule has 3 atom stereocenters. The first-order valence-corrected chi connectivity index (χ1v) is 16.9. The maximum Gasteiger partial charge on any atom is 0.469 e. The molecule has 0 aliphatic heterocycles. The molecule has 0 amide bonds. The molecule has 0 saturated heterocycles. The van der Waals surface area contributed by atoms with Crippen molar-refractivity contribution in [2.45, 2.75) is 109 Å². The van der Waals surface area contributed by atoms with Crippen molar-refractivity contribution in [1.29, 1.82) is 0 Å². The number of hydrogen-bond acceptors (Lipinski definition) is 4. The van der Waals surface area contributed by atoms with Crippen LogP contribution in [0.3, 0.4) is 0 Å². The predicted molar refractivity (Wildman–Crippen MR) is 148 cm³/mol. The van der Waals surface area contributed by atoms with Gasteiger partial charge in [-0.25, -0.2) is 4.57 Å². The Balaban J connectivity index is 4.04. The first-order valence-electron chi connectivity index (χ1n) is 13.8. The fraction of sp³-hybridized carbons (Fsp3) is 1.00. The number of phosphoric acid groups is 1. The summed E-state index contributed by atoms with van der Waals surface area (Å²) in [5.41, 5.74) is 0. The summed E-state index contributed by atoms with van der Waals surface area (Å²) < 4.78 is 34.5. The van der Waals surface area contributed by atoms with Gasteiger partial charge in [0, 0.05) is 35.8 Å². The van der Waals surface area contributed by atoms with Crippen LogP contribution >= 0.6 is 7.82 Å². The Bertz CT molecular complexity index is 567. The van der Waals surface area contributed by atoms with Crippen LogP contribution in [-0.2, 0) is 24.6 Å². The molecule has 0 bridgehead atoms. The van der Waals surface area contributed by atoms with E-state index < -0.39 is 18.6 Å². The Hall–Kier alpha value is 0.180. The average molecular weight is 543 g/mol. The van der Waals surface area contributed by atoms with Gasteiger partial charge < -0.3 is 19.0 Å². The van der Waals surface area contributed by atoms with E-state index in [0.717, 1.165) is 12.8 Å². The zero-order valence-corrected chi connectivity index (χ0v) is 25.1. The number of ether oxygens (including phenoxy) is 1. The van der Waals surface area contributed by atoms with E-state index in [9.17, 15) is 8.77 Å². The van der Waals surface area contributed by atoms with Crippen molar-refractivity contribution in [3.8, 4) is 0 Å². The largest absolute Gasteiger partial charge is 0.469 e. The van der Waals surface area contributed by atoms with Gasteiger partial charge >= 0.3 is 7.82 Å². The minimum atomic E-state index is -4.52. The zero-order valence-electron chi connectivity index (χ0n) is 23.4. The zero-order chi connectivity index (χ0) is 26.6. The van der Waals surface area contributed by atoms with Crippen LogP contribution in [0.1, 0.15) is 103 Å². The highest BCUT2D eigenvalue weighted by Crippen LogP contribution is 2.36. The maximum absolute atomic E-state index is 12.7. The summed E-state index contributed by atoms with van der Waals surface area (Å²) in [5.74, 6) is 1.33. The Kier molecular flexibility index (Phi) is 21.3. The Morgan fingerprint density at radius 2 is 1.26 bits per heavy atom. The van der Waals surface area contributed by atoms with Gasteiger partial charge in [-0.1, -0.05) is 90.4 Å². The van der Waals surface area contributed by atoms with E-state index in [1.165, 1.54) is 77.0 Å². The molecule has 0 aliphatic carbocycles. The topological polar surface area (TPSA) is 93.1 Å². The van der Waals surface area contributed by atoms with Crippen molar-refractivity contribution in [1.82, 2.24) is 0 Å². The molecular weight excluding hydrogens is 485 g/mol. The van der Waals surface area contributed by atoms with Crippen molar-refractivity contribution in [3.63, 3.8) is 0 Å². The summed E-state index contributed by atoms with van der Waals surface area (Å²) in [7, 11) is 2.13. The standard InChI is InChI=1S/C26H56NO6PS/c1-6-7-8-9-10-11-12-13-14-15-16-17-18-19-20-35(31)24-25(22-32-5)21-26(27(2,3)4)23-33-34(28,29)30/h25-26H,6-24H2,1-5H3,(H-,28,29,30)/p+1. The molecule has 35 heavy (non-hydrogen) atoms. The number of hydrogen-bond donors (Lipinski definition) is 2. The van der Waals surface area contributed by atoms with Crippen molar-refractivity contribution in [2.24, 2.45) is 5.92 Å². The summed E-state index contributed by atoms with van der Waals surface area (Å²) in [5, 5.41) is 0. The molecule has 0 saturated carbocycles. The molecule has 2 N–H and O–H groups in total. The van der Waals surface area contributed by atoms with Crippen LogP contribution < -0.4 is 0 Å². The highest BCUT2D eigenvalue weighted by molar-refractivity contribution is 7.84. The molecule has 0 radical (unpaired) electrons. The molecule has 212 valence electrons. The third kappa shape index (κ3) is 23.1. The van der Waals surface area contributed by atoms with Gasteiger partial charge in [-0.15, -0.1) is 0 Å². The molecule has 7 nitrogen and oxygen atoms in total. The Morgan fingerprint density at radius 1 is 0.800 bits per heavy atom. The molecule has 0 heterocycles. The summed E-state index contributed by atoms with van der Waals surface area (Å²) in [6.07, 6.45) is 19.0. The SMILES string of the molecule is CCCCCCCCCCCCCCCCS(=O)CC(COC)CC(COP(=O)(O)O)[N+](C)(C)C. The van der Waals surface area contributed by atoms with Crippen LogP contribution in [0.15, 0.2) is 0 Å². The van der Waals surface area contributed by atoms with E-state index in [0.29, 0.717) is 29.0 Å². The van der Waals surface area contributed by atoms with Gasteiger partial charge in [0.15, 0.2) is 0 Å². The third-order valence-electron chi connectivity index (χ3n) is 6.69. The van der Waals surface area contributed by atoms with Crippen LogP contribution in [0.2, 0.25) is 0 Å². The van der Waals surface area contributed by atoms with Crippen molar-refractivity contribution in [3.05, 3.63) is 0 Å². The average Bonchev–Trinajstić information content (AvgIpc) is 2.75. The molecule has 0 aromatic rings. The van der Waals surface area contributed by atoms with Gasteiger partial charge in [0.25, 0.3) is 0 Å². The number of likely N-dealkylation sites (N-methyl/N-ethyl adjacent to an activating group) is 1. The van der Waals surface area contributed by atoms with Crippen LogP contribution in [0.5, 0.6) is 0 Å². The summed E-state index contributed by atoms with van der Waals surface area (Å²) in [4.78, 5) is 18.2. The Labute approximate surface area is 219 Å². The van der Waals surface area contributed by atoms with Gasteiger partial charge in [-0.05, 0) is 12.3 Å². The van der Waals surface area contributed by atoms with Crippen LogP contribution in [0.25, 0.3) is 0 Å². The molecule has 0 aromatic heterocycles. The lowest BCUT2D eigenvalue weighted by molar-refractivity contribution is -0.897. The lowest BCUT2D eigenvalue weighted by atomic mass is 10.0.